The van der Waals surface area contributed by atoms with Crippen LogP contribution in [0, 0.1) is 13.8 Å². The Hall–Kier alpha value is -1.62. The topological polar surface area (TPSA) is 51.5 Å². The molecule has 0 bridgehead atoms. The van der Waals surface area contributed by atoms with E-state index in [9.17, 15) is 9.59 Å². The van der Waals surface area contributed by atoms with Crippen LogP contribution >= 0.6 is 0 Å². The van der Waals surface area contributed by atoms with Gasteiger partial charge >= 0.3 is 5.97 Å². The minimum atomic E-state index is -0.352. The van der Waals surface area contributed by atoms with E-state index in [0.29, 0.717) is 30.0 Å². The van der Waals surface area contributed by atoms with Crippen LogP contribution in [0.2, 0.25) is 0 Å². The van der Waals surface area contributed by atoms with E-state index < -0.39 is 0 Å². The molecule has 0 amide bonds. The van der Waals surface area contributed by atoms with Crippen molar-refractivity contribution < 1.29 is 9.53 Å². The van der Waals surface area contributed by atoms with Crippen molar-refractivity contribution in [3.63, 3.8) is 0 Å². The number of aryl methyl sites for hydroxylation is 1. The van der Waals surface area contributed by atoms with Crippen molar-refractivity contribution in [3.8, 4) is 0 Å². The molecule has 5 heteroatoms. The number of carbonyl (C=O) groups excluding carboxylic acids is 1. The summed E-state index contributed by atoms with van der Waals surface area (Å²) in [6, 6.07) is 1.52. The Morgan fingerprint density at radius 2 is 1.95 bits per heavy atom. The predicted octanol–water partition coefficient (Wildman–Crippen LogP) is 1.98. The van der Waals surface area contributed by atoms with E-state index in [4.69, 9.17) is 4.74 Å². The standard InChI is InChI=1S/C16H26N2O3/c1-6-21-16(20)15-12(2)11-14(19)18(13(15)3)10-8-7-9-17(4)5/h11H,6-10H2,1-5H3. The first kappa shape index (κ1) is 17.4. The fraction of sp³-hybridized carbons (Fsp3) is 0.625. The summed E-state index contributed by atoms with van der Waals surface area (Å²) in [6.07, 6.45) is 1.92. The van der Waals surface area contributed by atoms with Gasteiger partial charge in [-0.3, -0.25) is 4.79 Å². The third-order valence-electron chi connectivity index (χ3n) is 3.48. The number of aromatic nitrogens is 1. The second kappa shape index (κ2) is 7.98. The summed E-state index contributed by atoms with van der Waals surface area (Å²) in [6.45, 7) is 7.32. The molecule has 1 aromatic heterocycles. The SMILES string of the molecule is CCOC(=O)c1c(C)cc(=O)n(CCCCN(C)C)c1C. The quantitative estimate of drug-likeness (QED) is 0.570. The first-order chi connectivity index (χ1) is 9.88. The molecule has 0 aliphatic heterocycles. The molecule has 0 unspecified atom stereocenters. The number of hydrogen-bond acceptors (Lipinski definition) is 4. The van der Waals surface area contributed by atoms with E-state index in [2.05, 4.69) is 4.90 Å². The second-order valence-electron chi connectivity index (χ2n) is 5.51. The molecular weight excluding hydrogens is 268 g/mol. The molecule has 1 aromatic rings. The predicted molar refractivity (Wildman–Crippen MR) is 83.9 cm³/mol. The van der Waals surface area contributed by atoms with Crippen molar-refractivity contribution in [2.45, 2.75) is 40.2 Å². The zero-order chi connectivity index (χ0) is 16.0. The third-order valence-corrected chi connectivity index (χ3v) is 3.48. The van der Waals surface area contributed by atoms with Crippen LogP contribution in [-0.4, -0.2) is 42.7 Å². The molecule has 0 radical (unpaired) electrons. The maximum Gasteiger partial charge on any atom is 0.340 e. The fourth-order valence-electron chi connectivity index (χ4n) is 2.41. The zero-order valence-corrected chi connectivity index (χ0v) is 13.7. The van der Waals surface area contributed by atoms with Crippen LogP contribution < -0.4 is 5.56 Å². The van der Waals surface area contributed by atoms with Crippen molar-refractivity contribution in [2.24, 2.45) is 0 Å². The van der Waals surface area contributed by atoms with Crippen LogP contribution in [0.5, 0.6) is 0 Å². The summed E-state index contributed by atoms with van der Waals surface area (Å²) < 4.78 is 6.76. The molecule has 5 nitrogen and oxygen atoms in total. The molecule has 0 fully saturated rings. The number of rotatable bonds is 7. The minimum Gasteiger partial charge on any atom is -0.462 e. The molecule has 0 saturated heterocycles. The third kappa shape index (κ3) is 4.70. The highest BCUT2D eigenvalue weighted by Crippen LogP contribution is 2.13. The van der Waals surface area contributed by atoms with E-state index in [1.807, 2.05) is 21.0 Å². The number of pyridine rings is 1. The van der Waals surface area contributed by atoms with Gasteiger partial charge in [-0.15, -0.1) is 0 Å². The molecule has 21 heavy (non-hydrogen) atoms. The van der Waals surface area contributed by atoms with Gasteiger partial charge in [0.1, 0.15) is 0 Å². The van der Waals surface area contributed by atoms with Crippen LogP contribution in [0.25, 0.3) is 0 Å². The average molecular weight is 294 g/mol. The van der Waals surface area contributed by atoms with Crippen molar-refractivity contribution >= 4 is 5.97 Å². The van der Waals surface area contributed by atoms with Gasteiger partial charge in [0, 0.05) is 18.3 Å². The second-order valence-corrected chi connectivity index (χ2v) is 5.51. The summed E-state index contributed by atoms with van der Waals surface area (Å²) in [5.74, 6) is -0.352. The lowest BCUT2D eigenvalue weighted by atomic mass is 10.1. The Morgan fingerprint density at radius 3 is 2.52 bits per heavy atom. The molecule has 0 aromatic carbocycles. The molecular formula is C16H26N2O3. The van der Waals surface area contributed by atoms with Crippen LogP contribution in [0.3, 0.4) is 0 Å². The smallest absolute Gasteiger partial charge is 0.340 e. The van der Waals surface area contributed by atoms with Crippen molar-refractivity contribution in [2.75, 3.05) is 27.2 Å². The van der Waals surface area contributed by atoms with Crippen molar-refractivity contribution in [1.82, 2.24) is 9.47 Å². The fourth-order valence-corrected chi connectivity index (χ4v) is 2.41. The molecule has 0 spiro atoms. The number of unbranched alkanes of at least 4 members (excludes halogenated alkanes) is 1. The Labute approximate surface area is 126 Å². The van der Waals surface area contributed by atoms with Gasteiger partial charge in [-0.1, -0.05) is 0 Å². The highest BCUT2D eigenvalue weighted by Gasteiger charge is 2.17. The summed E-state index contributed by atoms with van der Waals surface area (Å²) in [4.78, 5) is 26.3. The summed E-state index contributed by atoms with van der Waals surface area (Å²) >= 11 is 0. The Balaban J connectivity index is 2.96. The molecule has 0 atom stereocenters. The molecule has 0 saturated carbocycles. The Bertz CT molecular complexity index is 547. The van der Waals surface area contributed by atoms with Gasteiger partial charge in [0.25, 0.3) is 5.56 Å². The van der Waals surface area contributed by atoms with E-state index >= 15 is 0 Å². The van der Waals surface area contributed by atoms with Gasteiger partial charge in [0.05, 0.1) is 12.2 Å². The number of ether oxygens (including phenoxy) is 1. The van der Waals surface area contributed by atoms with Crippen LogP contribution in [-0.2, 0) is 11.3 Å². The lowest BCUT2D eigenvalue weighted by Crippen LogP contribution is -2.26. The average Bonchev–Trinajstić information content (AvgIpc) is 2.37. The molecule has 0 aliphatic rings. The number of esters is 1. The van der Waals surface area contributed by atoms with Gasteiger partial charge in [-0.25, -0.2) is 4.79 Å². The first-order valence-corrected chi connectivity index (χ1v) is 7.41. The van der Waals surface area contributed by atoms with Crippen LogP contribution in [0.15, 0.2) is 10.9 Å². The lowest BCUT2D eigenvalue weighted by Gasteiger charge is -2.16. The Kier molecular flexibility index (Phi) is 6.62. The molecule has 1 rings (SSSR count). The summed E-state index contributed by atoms with van der Waals surface area (Å²) in [5.41, 5.74) is 1.84. The Morgan fingerprint density at radius 1 is 1.29 bits per heavy atom. The highest BCUT2D eigenvalue weighted by atomic mass is 16.5. The van der Waals surface area contributed by atoms with E-state index in [-0.39, 0.29) is 11.5 Å². The van der Waals surface area contributed by atoms with Crippen molar-refractivity contribution in [1.29, 1.82) is 0 Å². The normalized spacial score (nSPS) is 11.0. The van der Waals surface area contributed by atoms with Gasteiger partial charge in [0.2, 0.25) is 0 Å². The highest BCUT2D eigenvalue weighted by molar-refractivity contribution is 5.92. The van der Waals surface area contributed by atoms with Crippen molar-refractivity contribution in [3.05, 3.63) is 33.2 Å². The van der Waals surface area contributed by atoms with E-state index in [1.165, 1.54) is 6.07 Å². The first-order valence-electron chi connectivity index (χ1n) is 7.41. The van der Waals surface area contributed by atoms with Crippen LogP contribution in [0.1, 0.15) is 41.4 Å². The van der Waals surface area contributed by atoms with Gasteiger partial charge < -0.3 is 14.2 Å². The lowest BCUT2D eigenvalue weighted by molar-refractivity contribution is 0.0523. The van der Waals surface area contributed by atoms with E-state index in [1.54, 1.807) is 18.4 Å². The monoisotopic (exact) mass is 294 g/mol. The summed E-state index contributed by atoms with van der Waals surface area (Å²) in [7, 11) is 4.06. The molecule has 0 aliphatic carbocycles. The maximum atomic E-state index is 12.1. The zero-order valence-electron chi connectivity index (χ0n) is 13.7. The van der Waals surface area contributed by atoms with Gasteiger partial charge in [0.15, 0.2) is 0 Å². The largest absolute Gasteiger partial charge is 0.462 e. The van der Waals surface area contributed by atoms with Crippen LogP contribution in [0.4, 0.5) is 0 Å². The van der Waals surface area contributed by atoms with E-state index in [0.717, 1.165) is 19.4 Å². The molecule has 0 N–H and O–H groups in total. The minimum absolute atomic E-state index is 0.0529. The number of hydrogen-bond donors (Lipinski definition) is 0. The molecule has 118 valence electrons. The van der Waals surface area contributed by atoms with Gasteiger partial charge in [-0.05, 0) is 59.8 Å². The summed E-state index contributed by atoms with van der Waals surface area (Å²) in [5, 5.41) is 0. The molecule has 1 heterocycles. The maximum absolute atomic E-state index is 12.1. The van der Waals surface area contributed by atoms with Gasteiger partial charge in [-0.2, -0.15) is 0 Å². The number of carbonyl (C=O) groups is 1. The number of nitrogens with zero attached hydrogens (tertiary/aromatic N) is 2.